The van der Waals surface area contributed by atoms with Crippen molar-refractivity contribution in [1.29, 1.82) is 5.41 Å². The van der Waals surface area contributed by atoms with Gasteiger partial charge in [0.05, 0.1) is 17.6 Å². The van der Waals surface area contributed by atoms with Crippen LogP contribution < -0.4 is 20.7 Å². The predicted molar refractivity (Wildman–Crippen MR) is 138 cm³/mol. The Morgan fingerprint density at radius 2 is 2.03 bits per heavy atom. The molecule has 2 aliphatic heterocycles. The third kappa shape index (κ3) is 4.58. The lowest BCUT2D eigenvalue weighted by atomic mass is 9.74. The lowest BCUT2D eigenvalue weighted by Gasteiger charge is -2.53. The molecule has 0 bridgehead atoms. The summed E-state index contributed by atoms with van der Waals surface area (Å²) in [7, 11) is 0. The maximum atomic E-state index is 8.80. The molecule has 2 saturated heterocycles. The zero-order valence-corrected chi connectivity index (χ0v) is 20.6. The highest BCUT2D eigenvalue weighted by atomic mass is 16.5. The molecule has 2 aliphatic rings. The largest absolute Gasteiger partial charge is 0.486 e. The summed E-state index contributed by atoms with van der Waals surface area (Å²) >= 11 is 0. The summed E-state index contributed by atoms with van der Waals surface area (Å²) < 4.78 is 6.22. The molecule has 0 radical (unpaired) electrons. The first-order valence-corrected chi connectivity index (χ1v) is 12.2. The fourth-order valence-electron chi connectivity index (χ4n) is 5.42. The van der Waals surface area contributed by atoms with Crippen LogP contribution in [0.4, 0.5) is 11.5 Å². The molecule has 4 heterocycles. The second-order valence-corrected chi connectivity index (χ2v) is 9.95. The van der Waals surface area contributed by atoms with Crippen molar-refractivity contribution in [2.24, 2.45) is 5.41 Å². The molecule has 2 fully saturated rings. The Bertz CT molecular complexity index is 1210. The van der Waals surface area contributed by atoms with E-state index in [1.54, 1.807) is 18.5 Å². The summed E-state index contributed by atoms with van der Waals surface area (Å²) in [5.41, 5.74) is 11.8. The molecule has 35 heavy (non-hydrogen) atoms. The van der Waals surface area contributed by atoms with Gasteiger partial charge in [-0.3, -0.25) is 5.41 Å². The van der Waals surface area contributed by atoms with Gasteiger partial charge in [-0.2, -0.15) is 10.2 Å². The van der Waals surface area contributed by atoms with Crippen molar-refractivity contribution in [3.05, 3.63) is 70.7 Å². The molecular weight excluding hydrogens is 438 g/mol. The van der Waals surface area contributed by atoms with Crippen LogP contribution in [0.5, 0.6) is 5.75 Å². The number of hydrogen-bond donors (Lipinski definition) is 3. The Kier molecular flexibility index (Phi) is 6.15. The van der Waals surface area contributed by atoms with Gasteiger partial charge in [0.2, 0.25) is 0 Å². The van der Waals surface area contributed by atoms with Gasteiger partial charge in [0.25, 0.3) is 0 Å². The zero-order chi connectivity index (χ0) is 24.6. The van der Waals surface area contributed by atoms with Crippen LogP contribution >= 0.6 is 0 Å². The summed E-state index contributed by atoms with van der Waals surface area (Å²) in [6.45, 7) is 10.2. The zero-order valence-electron chi connectivity index (χ0n) is 20.6. The minimum absolute atomic E-state index is 0.212. The minimum Gasteiger partial charge on any atom is -0.486 e. The SMILES string of the molecule is Cc1cnnc(C)c1[C@@H](C)Oc1ccc(N)c(C(=N)c2ccc(N3CC4(CCCNC4)C3)nc2)c1. The van der Waals surface area contributed by atoms with Crippen molar-refractivity contribution in [3.8, 4) is 5.75 Å². The number of piperidine rings is 1. The molecule has 0 unspecified atom stereocenters. The monoisotopic (exact) mass is 471 g/mol. The molecule has 182 valence electrons. The average Bonchev–Trinajstić information content (AvgIpc) is 2.84. The van der Waals surface area contributed by atoms with E-state index >= 15 is 0 Å². The van der Waals surface area contributed by atoms with Gasteiger partial charge in [0, 0.05) is 53.6 Å². The van der Waals surface area contributed by atoms with Crippen molar-refractivity contribution in [2.45, 2.75) is 39.7 Å². The summed E-state index contributed by atoms with van der Waals surface area (Å²) in [5, 5.41) is 20.5. The number of rotatable bonds is 6. The molecule has 3 aromatic rings. The Morgan fingerprint density at radius 3 is 2.71 bits per heavy atom. The summed E-state index contributed by atoms with van der Waals surface area (Å²) in [5.74, 6) is 1.62. The standard InChI is InChI=1S/C27H33N7O/c1-17-12-32-33-18(2)25(17)19(3)35-21-6-7-23(28)22(11-21)26(29)20-5-8-24(31-13-20)34-15-27(16-34)9-4-10-30-14-27/h5-8,11-13,19,29-30H,4,9-10,14-16,28H2,1-3H3/t19-/m1/s1. The van der Waals surface area contributed by atoms with Crippen molar-refractivity contribution in [2.75, 3.05) is 36.8 Å². The predicted octanol–water partition coefficient (Wildman–Crippen LogP) is 3.82. The van der Waals surface area contributed by atoms with E-state index in [0.717, 1.165) is 54.4 Å². The number of benzene rings is 1. The molecular formula is C27H33N7O. The molecule has 1 atom stereocenters. The summed E-state index contributed by atoms with van der Waals surface area (Å²) in [6, 6.07) is 9.42. The van der Waals surface area contributed by atoms with Crippen molar-refractivity contribution in [1.82, 2.24) is 20.5 Å². The Hall–Kier alpha value is -3.52. The lowest BCUT2D eigenvalue weighted by Crippen LogP contribution is -2.62. The highest BCUT2D eigenvalue weighted by molar-refractivity contribution is 6.13. The van der Waals surface area contributed by atoms with Crippen LogP contribution in [0.25, 0.3) is 0 Å². The normalized spacial score (nSPS) is 17.6. The van der Waals surface area contributed by atoms with Crippen LogP contribution in [0.3, 0.4) is 0 Å². The van der Waals surface area contributed by atoms with Gasteiger partial charge in [-0.05, 0) is 76.1 Å². The number of nitrogens with zero attached hydrogens (tertiary/aromatic N) is 4. The van der Waals surface area contributed by atoms with Crippen LogP contribution in [0.15, 0.2) is 42.7 Å². The molecule has 8 heteroatoms. The van der Waals surface area contributed by atoms with Crippen LogP contribution in [0.1, 0.15) is 53.8 Å². The number of pyridine rings is 1. The number of nitrogen functional groups attached to an aromatic ring is 1. The van der Waals surface area contributed by atoms with E-state index in [4.69, 9.17) is 15.9 Å². The second kappa shape index (κ2) is 9.26. The van der Waals surface area contributed by atoms with Gasteiger partial charge in [0.15, 0.2) is 0 Å². The summed E-state index contributed by atoms with van der Waals surface area (Å²) in [4.78, 5) is 6.99. The molecule has 5 rings (SSSR count). The average molecular weight is 472 g/mol. The van der Waals surface area contributed by atoms with Crippen molar-refractivity contribution >= 4 is 17.2 Å². The number of anilines is 2. The smallest absolute Gasteiger partial charge is 0.128 e. The molecule has 0 amide bonds. The highest BCUT2D eigenvalue weighted by Gasteiger charge is 2.43. The number of aromatic nitrogens is 3. The fourth-order valence-corrected chi connectivity index (χ4v) is 5.42. The number of hydrogen-bond acceptors (Lipinski definition) is 8. The lowest BCUT2D eigenvalue weighted by molar-refractivity contribution is 0.156. The molecule has 8 nitrogen and oxygen atoms in total. The van der Waals surface area contributed by atoms with E-state index in [2.05, 4.69) is 25.4 Å². The Morgan fingerprint density at radius 1 is 1.20 bits per heavy atom. The first-order chi connectivity index (χ1) is 16.8. The van der Waals surface area contributed by atoms with Crippen LogP contribution in [0.2, 0.25) is 0 Å². The maximum Gasteiger partial charge on any atom is 0.128 e. The van der Waals surface area contributed by atoms with E-state index < -0.39 is 0 Å². The van der Waals surface area contributed by atoms with E-state index in [9.17, 15) is 0 Å². The van der Waals surface area contributed by atoms with E-state index in [-0.39, 0.29) is 6.10 Å². The molecule has 1 spiro atoms. The van der Waals surface area contributed by atoms with Gasteiger partial charge >= 0.3 is 0 Å². The third-order valence-corrected chi connectivity index (χ3v) is 7.26. The molecule has 1 aromatic carbocycles. The Labute approximate surface area is 206 Å². The van der Waals surface area contributed by atoms with Gasteiger partial charge in [-0.25, -0.2) is 4.98 Å². The number of aryl methyl sites for hydroxylation is 2. The number of ether oxygens (including phenoxy) is 1. The van der Waals surface area contributed by atoms with Crippen LogP contribution in [-0.4, -0.2) is 47.1 Å². The van der Waals surface area contributed by atoms with Crippen molar-refractivity contribution < 1.29 is 4.74 Å². The second-order valence-electron chi connectivity index (χ2n) is 9.95. The van der Waals surface area contributed by atoms with E-state index in [1.165, 1.54) is 12.8 Å². The molecule has 4 N–H and O–H groups in total. The maximum absolute atomic E-state index is 8.80. The van der Waals surface area contributed by atoms with Gasteiger partial charge in [-0.1, -0.05) is 0 Å². The third-order valence-electron chi connectivity index (χ3n) is 7.26. The fraction of sp³-hybridized carbons (Fsp3) is 0.407. The first-order valence-electron chi connectivity index (χ1n) is 12.2. The minimum atomic E-state index is -0.212. The van der Waals surface area contributed by atoms with Crippen molar-refractivity contribution in [3.63, 3.8) is 0 Å². The quantitative estimate of drug-likeness (QED) is 0.370. The summed E-state index contributed by atoms with van der Waals surface area (Å²) in [6.07, 6.45) is 5.84. The Balaban J connectivity index is 1.29. The number of nitrogens with two attached hydrogens (primary N) is 1. The van der Waals surface area contributed by atoms with Gasteiger partial charge in [0.1, 0.15) is 17.7 Å². The van der Waals surface area contributed by atoms with Gasteiger partial charge in [-0.15, -0.1) is 0 Å². The van der Waals surface area contributed by atoms with Gasteiger partial charge < -0.3 is 20.7 Å². The highest BCUT2D eigenvalue weighted by Crippen LogP contribution is 2.38. The molecule has 0 aliphatic carbocycles. The van der Waals surface area contributed by atoms with Crippen LogP contribution in [0, 0.1) is 24.7 Å². The van der Waals surface area contributed by atoms with E-state index in [1.807, 2.05) is 45.0 Å². The first kappa shape index (κ1) is 23.2. The number of nitrogens with one attached hydrogen (secondary N) is 2. The topological polar surface area (TPSA) is 113 Å². The molecule has 0 saturated carbocycles. The van der Waals surface area contributed by atoms with Crippen LogP contribution in [-0.2, 0) is 0 Å². The van der Waals surface area contributed by atoms with E-state index in [0.29, 0.717) is 28.1 Å². The molecule has 2 aromatic heterocycles.